The molecular weight excluding hydrogens is 364 g/mol. The van der Waals surface area contributed by atoms with Gasteiger partial charge >= 0.3 is 0 Å². The maximum Gasteiger partial charge on any atom is 0.298 e. The van der Waals surface area contributed by atoms with E-state index in [-0.39, 0.29) is 22.3 Å². The van der Waals surface area contributed by atoms with Gasteiger partial charge in [-0.05, 0) is 29.3 Å². The molecule has 0 aromatic heterocycles. The van der Waals surface area contributed by atoms with Gasteiger partial charge in [-0.3, -0.25) is 4.55 Å². The van der Waals surface area contributed by atoms with Crippen molar-refractivity contribution >= 4 is 10.1 Å². The molecule has 0 saturated carbocycles. The van der Waals surface area contributed by atoms with Crippen molar-refractivity contribution in [2.45, 2.75) is 24.2 Å². The lowest BCUT2D eigenvalue weighted by atomic mass is 9.77. The summed E-state index contributed by atoms with van der Waals surface area (Å²) in [7, 11) is -4.59. The van der Waals surface area contributed by atoms with Crippen LogP contribution < -0.4 is 0 Å². The third kappa shape index (κ3) is 3.54. The number of hydrogen-bond donors (Lipinski definition) is 3. The fourth-order valence-electron chi connectivity index (χ4n) is 3.11. The molecule has 0 fully saturated rings. The Morgan fingerprint density at radius 2 is 1.44 bits per heavy atom. The van der Waals surface area contributed by atoms with E-state index in [1.165, 1.54) is 18.2 Å². The highest BCUT2D eigenvalue weighted by Crippen LogP contribution is 2.42. The SMILES string of the molecule is CC(C)(c1ccccc1)c1ccc(O)c(-c2cccc(S(=O)(=O)O)c2O)c1. The smallest absolute Gasteiger partial charge is 0.298 e. The molecule has 0 spiro atoms. The van der Waals surface area contributed by atoms with E-state index < -0.39 is 20.8 Å². The van der Waals surface area contributed by atoms with Crippen LogP contribution in [0.1, 0.15) is 25.0 Å². The minimum atomic E-state index is -4.59. The molecule has 27 heavy (non-hydrogen) atoms. The first-order valence-corrected chi connectivity index (χ1v) is 9.75. The van der Waals surface area contributed by atoms with Crippen LogP contribution in [-0.4, -0.2) is 23.2 Å². The molecule has 3 aromatic rings. The topological polar surface area (TPSA) is 94.8 Å². The van der Waals surface area contributed by atoms with Crippen LogP contribution in [0.5, 0.6) is 11.5 Å². The van der Waals surface area contributed by atoms with Crippen LogP contribution in [0.15, 0.2) is 71.6 Å². The third-order valence-electron chi connectivity index (χ3n) is 4.78. The number of phenolic OH excluding ortho intramolecular Hbond substituents is 2. The lowest BCUT2D eigenvalue weighted by Gasteiger charge is -2.27. The molecule has 0 aliphatic rings. The molecule has 0 amide bonds. The van der Waals surface area contributed by atoms with Gasteiger partial charge in [0.15, 0.2) is 0 Å². The van der Waals surface area contributed by atoms with E-state index >= 15 is 0 Å². The van der Waals surface area contributed by atoms with Gasteiger partial charge in [0, 0.05) is 16.5 Å². The van der Waals surface area contributed by atoms with Gasteiger partial charge in [-0.2, -0.15) is 8.42 Å². The molecular formula is C21H20O5S. The molecule has 3 rings (SSSR count). The van der Waals surface area contributed by atoms with Gasteiger partial charge in [0.05, 0.1) is 0 Å². The van der Waals surface area contributed by atoms with Crippen molar-refractivity contribution in [3.63, 3.8) is 0 Å². The third-order valence-corrected chi connectivity index (χ3v) is 5.67. The highest BCUT2D eigenvalue weighted by molar-refractivity contribution is 7.86. The van der Waals surface area contributed by atoms with Crippen molar-refractivity contribution in [3.05, 3.63) is 77.9 Å². The van der Waals surface area contributed by atoms with Crippen molar-refractivity contribution in [2.75, 3.05) is 0 Å². The second kappa shape index (κ2) is 6.72. The van der Waals surface area contributed by atoms with Crippen LogP contribution >= 0.6 is 0 Å². The number of phenols is 2. The first-order valence-electron chi connectivity index (χ1n) is 8.31. The van der Waals surface area contributed by atoms with Gasteiger partial charge in [-0.1, -0.05) is 62.4 Å². The second-order valence-corrected chi connectivity index (χ2v) is 8.24. The lowest BCUT2D eigenvalue weighted by Crippen LogP contribution is -2.18. The van der Waals surface area contributed by atoms with E-state index in [1.807, 2.05) is 44.2 Å². The second-order valence-electron chi connectivity index (χ2n) is 6.85. The molecule has 5 nitrogen and oxygen atoms in total. The summed E-state index contributed by atoms with van der Waals surface area (Å²) in [5.41, 5.74) is 1.95. The Hall–Kier alpha value is -2.83. The maximum atomic E-state index is 11.5. The Bertz CT molecular complexity index is 1090. The zero-order valence-electron chi connectivity index (χ0n) is 14.9. The number of para-hydroxylation sites is 1. The molecule has 6 heteroatoms. The first kappa shape index (κ1) is 18.9. The summed E-state index contributed by atoms with van der Waals surface area (Å²) in [5, 5.41) is 20.7. The van der Waals surface area contributed by atoms with Crippen LogP contribution in [0, 0.1) is 0 Å². The minimum Gasteiger partial charge on any atom is -0.507 e. The molecule has 0 atom stereocenters. The zero-order valence-corrected chi connectivity index (χ0v) is 15.7. The first-order chi connectivity index (χ1) is 12.6. The zero-order chi connectivity index (χ0) is 19.8. The van der Waals surface area contributed by atoms with Gasteiger partial charge < -0.3 is 10.2 Å². The van der Waals surface area contributed by atoms with Gasteiger partial charge in [0.2, 0.25) is 0 Å². The van der Waals surface area contributed by atoms with Crippen LogP contribution in [0.25, 0.3) is 11.1 Å². The normalized spacial score (nSPS) is 12.1. The van der Waals surface area contributed by atoms with Gasteiger partial charge in [-0.25, -0.2) is 0 Å². The van der Waals surface area contributed by atoms with Gasteiger partial charge in [0.25, 0.3) is 10.1 Å². The maximum absolute atomic E-state index is 11.5. The minimum absolute atomic E-state index is 0.106. The fourth-order valence-corrected chi connectivity index (χ4v) is 3.71. The molecule has 0 aliphatic carbocycles. The molecule has 0 heterocycles. The predicted molar refractivity (Wildman–Crippen MR) is 104 cm³/mol. The molecule has 3 N–H and O–H groups in total. The van der Waals surface area contributed by atoms with Crippen molar-refractivity contribution in [2.24, 2.45) is 0 Å². The number of rotatable bonds is 4. The summed E-state index contributed by atoms with van der Waals surface area (Å²) in [4.78, 5) is -0.605. The predicted octanol–water partition coefficient (Wildman–Crippen LogP) is 4.34. The standard InChI is InChI=1S/C21H20O5S/c1-21(2,14-7-4-3-5-8-14)15-11-12-18(22)17(13-15)16-9-6-10-19(20(16)23)27(24,25)26/h3-13,22-23H,1-2H3,(H,24,25,26). The monoisotopic (exact) mass is 384 g/mol. The average Bonchev–Trinajstić information content (AvgIpc) is 2.62. The van der Waals surface area contributed by atoms with Crippen LogP contribution in [0.3, 0.4) is 0 Å². The molecule has 3 aromatic carbocycles. The molecule has 140 valence electrons. The summed E-state index contributed by atoms with van der Waals surface area (Å²) < 4.78 is 32.2. The van der Waals surface area contributed by atoms with Crippen molar-refractivity contribution in [1.82, 2.24) is 0 Å². The number of benzene rings is 3. The Morgan fingerprint density at radius 3 is 2.07 bits per heavy atom. The highest BCUT2D eigenvalue weighted by atomic mass is 32.2. The van der Waals surface area contributed by atoms with E-state index in [1.54, 1.807) is 12.1 Å². The summed E-state index contributed by atoms with van der Waals surface area (Å²) in [5.74, 6) is -0.713. The molecule has 0 unspecified atom stereocenters. The molecule has 0 aliphatic heterocycles. The number of hydrogen-bond acceptors (Lipinski definition) is 4. The average molecular weight is 384 g/mol. The van der Waals surface area contributed by atoms with Gasteiger partial charge in [-0.15, -0.1) is 0 Å². The van der Waals surface area contributed by atoms with Crippen LogP contribution in [-0.2, 0) is 15.5 Å². The number of aromatic hydroxyl groups is 2. The molecule has 0 bridgehead atoms. The van der Waals surface area contributed by atoms with Crippen molar-refractivity contribution < 1.29 is 23.2 Å². The Balaban J connectivity index is 2.19. The fraction of sp³-hybridized carbons (Fsp3) is 0.143. The van der Waals surface area contributed by atoms with E-state index in [0.717, 1.165) is 17.2 Å². The van der Waals surface area contributed by atoms with E-state index in [0.29, 0.717) is 0 Å². The summed E-state index contributed by atoms with van der Waals surface area (Å²) in [6.45, 7) is 4.07. The largest absolute Gasteiger partial charge is 0.507 e. The van der Waals surface area contributed by atoms with Crippen LogP contribution in [0.4, 0.5) is 0 Å². The van der Waals surface area contributed by atoms with Crippen molar-refractivity contribution in [3.8, 4) is 22.6 Å². The quantitative estimate of drug-likeness (QED) is 0.582. The Morgan fingerprint density at radius 1 is 0.778 bits per heavy atom. The Labute approximate surface area is 158 Å². The van der Waals surface area contributed by atoms with Crippen LogP contribution in [0.2, 0.25) is 0 Å². The van der Waals surface area contributed by atoms with E-state index in [2.05, 4.69) is 0 Å². The summed E-state index contributed by atoms with van der Waals surface area (Å²) in [6, 6.07) is 18.8. The van der Waals surface area contributed by atoms with E-state index in [4.69, 9.17) is 0 Å². The Kier molecular flexibility index (Phi) is 4.71. The van der Waals surface area contributed by atoms with E-state index in [9.17, 15) is 23.2 Å². The lowest BCUT2D eigenvalue weighted by molar-refractivity contribution is 0.443. The summed E-state index contributed by atoms with van der Waals surface area (Å²) >= 11 is 0. The summed E-state index contributed by atoms with van der Waals surface area (Å²) in [6.07, 6.45) is 0. The van der Waals surface area contributed by atoms with Gasteiger partial charge in [0.1, 0.15) is 16.4 Å². The molecule has 0 radical (unpaired) electrons. The highest BCUT2D eigenvalue weighted by Gasteiger charge is 2.25. The molecule has 0 saturated heterocycles. The van der Waals surface area contributed by atoms with Crippen molar-refractivity contribution in [1.29, 1.82) is 0 Å².